The van der Waals surface area contributed by atoms with E-state index in [4.69, 9.17) is 20.6 Å². The van der Waals surface area contributed by atoms with E-state index in [0.29, 0.717) is 6.54 Å². The predicted octanol–water partition coefficient (Wildman–Crippen LogP) is 1.97. The number of ether oxygens (including phenoxy) is 3. The molecule has 2 atom stereocenters. The van der Waals surface area contributed by atoms with Gasteiger partial charge in [-0.15, -0.1) is 6.42 Å². The molecule has 1 saturated heterocycles. The number of hydrogen-bond acceptors (Lipinski definition) is 4. The number of nitrogens with one attached hydrogen (secondary N) is 1. The van der Waals surface area contributed by atoms with Gasteiger partial charge in [0.05, 0.1) is 26.4 Å². The number of hydrogen-bond donors (Lipinski definition) is 1. The Balaban J connectivity index is 2.04. The topological polar surface area (TPSA) is 39.7 Å². The summed E-state index contributed by atoms with van der Waals surface area (Å²) < 4.78 is 16.3. The van der Waals surface area contributed by atoms with Gasteiger partial charge in [0.25, 0.3) is 0 Å². The van der Waals surface area contributed by atoms with Gasteiger partial charge in [-0.25, -0.2) is 0 Å². The summed E-state index contributed by atoms with van der Waals surface area (Å²) in [5, 5.41) is 3.36. The van der Waals surface area contributed by atoms with Crippen molar-refractivity contribution in [1.29, 1.82) is 0 Å². The molecule has 1 aromatic rings. The second-order valence-electron chi connectivity index (χ2n) is 4.73. The first-order valence-electron chi connectivity index (χ1n) is 6.81. The highest BCUT2D eigenvalue weighted by Crippen LogP contribution is 2.30. The van der Waals surface area contributed by atoms with Crippen LogP contribution in [0.1, 0.15) is 18.4 Å². The van der Waals surface area contributed by atoms with Crippen LogP contribution < -0.4 is 14.8 Å². The lowest BCUT2D eigenvalue weighted by atomic mass is 10.1. The Labute approximate surface area is 120 Å². The zero-order valence-corrected chi connectivity index (χ0v) is 12.0. The minimum Gasteiger partial charge on any atom is -0.493 e. The van der Waals surface area contributed by atoms with Crippen LogP contribution in [0, 0.1) is 12.3 Å². The average molecular weight is 275 g/mol. The molecule has 0 saturated carbocycles. The molecule has 0 aliphatic carbocycles. The summed E-state index contributed by atoms with van der Waals surface area (Å²) >= 11 is 0. The quantitative estimate of drug-likeness (QED) is 0.806. The van der Waals surface area contributed by atoms with Crippen LogP contribution in [0.3, 0.4) is 0 Å². The van der Waals surface area contributed by atoms with E-state index in [1.807, 2.05) is 18.2 Å². The monoisotopic (exact) mass is 275 g/mol. The lowest BCUT2D eigenvalue weighted by Gasteiger charge is -2.20. The van der Waals surface area contributed by atoms with Crippen LogP contribution in [-0.2, 0) is 11.3 Å². The molecule has 1 aromatic carbocycles. The number of methoxy groups -OCH3 is 2. The molecule has 0 bridgehead atoms. The van der Waals surface area contributed by atoms with Gasteiger partial charge in [0.1, 0.15) is 0 Å². The number of rotatable bonds is 6. The van der Waals surface area contributed by atoms with Crippen LogP contribution in [0.2, 0.25) is 0 Å². The van der Waals surface area contributed by atoms with Gasteiger partial charge in [-0.1, -0.05) is 18.1 Å². The average Bonchev–Trinajstić information content (AvgIpc) is 3.01. The molecular formula is C16H21NO3. The standard InChI is InChI=1S/C16H21NO3/c1-4-13(14-9-6-10-20-14)17-11-12-7-5-8-15(18-2)16(12)19-3/h1,5,7-8,13-14,17H,6,9-11H2,2-3H3. The molecule has 2 rings (SSSR count). The highest BCUT2D eigenvalue weighted by atomic mass is 16.5. The van der Waals surface area contributed by atoms with Crippen LogP contribution >= 0.6 is 0 Å². The minimum atomic E-state index is -0.0755. The third-order valence-electron chi connectivity index (χ3n) is 3.51. The molecule has 108 valence electrons. The third-order valence-corrected chi connectivity index (χ3v) is 3.51. The molecule has 1 N–H and O–H groups in total. The van der Waals surface area contributed by atoms with Crippen LogP contribution in [-0.4, -0.2) is 33.0 Å². The van der Waals surface area contributed by atoms with Crippen molar-refractivity contribution in [2.45, 2.75) is 31.5 Å². The molecule has 1 aliphatic rings. The van der Waals surface area contributed by atoms with Crippen molar-refractivity contribution in [3.05, 3.63) is 23.8 Å². The fraction of sp³-hybridized carbons (Fsp3) is 0.500. The van der Waals surface area contributed by atoms with Gasteiger partial charge >= 0.3 is 0 Å². The molecule has 20 heavy (non-hydrogen) atoms. The van der Waals surface area contributed by atoms with Crippen LogP contribution in [0.15, 0.2) is 18.2 Å². The Morgan fingerprint density at radius 3 is 2.90 bits per heavy atom. The summed E-state index contributed by atoms with van der Waals surface area (Å²) in [6, 6.07) is 5.74. The first-order chi connectivity index (χ1) is 9.80. The van der Waals surface area contributed by atoms with Gasteiger partial charge in [0, 0.05) is 18.7 Å². The Hall–Kier alpha value is -1.70. The summed E-state index contributed by atoms with van der Waals surface area (Å²) in [5.74, 6) is 4.24. The van der Waals surface area contributed by atoms with Crippen LogP contribution in [0.5, 0.6) is 11.5 Å². The summed E-state index contributed by atoms with van der Waals surface area (Å²) in [7, 11) is 3.27. The smallest absolute Gasteiger partial charge is 0.165 e. The molecule has 0 amide bonds. The second kappa shape index (κ2) is 7.18. The van der Waals surface area contributed by atoms with Gasteiger partial charge in [-0.05, 0) is 18.9 Å². The molecule has 1 heterocycles. The zero-order valence-electron chi connectivity index (χ0n) is 12.0. The largest absolute Gasteiger partial charge is 0.493 e. The van der Waals surface area contributed by atoms with E-state index in [1.54, 1.807) is 14.2 Å². The first-order valence-corrected chi connectivity index (χ1v) is 6.81. The maximum Gasteiger partial charge on any atom is 0.165 e. The Morgan fingerprint density at radius 1 is 1.45 bits per heavy atom. The van der Waals surface area contributed by atoms with E-state index in [9.17, 15) is 0 Å². The van der Waals surface area contributed by atoms with E-state index >= 15 is 0 Å². The normalized spacial score (nSPS) is 19.4. The highest BCUT2D eigenvalue weighted by molar-refractivity contribution is 5.46. The SMILES string of the molecule is C#CC(NCc1cccc(OC)c1OC)C1CCCO1. The lowest BCUT2D eigenvalue weighted by molar-refractivity contribution is 0.0933. The Kier molecular flexibility index (Phi) is 5.28. The van der Waals surface area contributed by atoms with Crippen molar-refractivity contribution in [1.82, 2.24) is 5.32 Å². The van der Waals surface area contributed by atoms with E-state index in [-0.39, 0.29) is 12.1 Å². The maximum absolute atomic E-state index is 5.63. The van der Waals surface area contributed by atoms with Gasteiger partial charge in [-0.3, -0.25) is 5.32 Å². The van der Waals surface area contributed by atoms with Crippen molar-refractivity contribution in [2.24, 2.45) is 0 Å². The number of benzene rings is 1. The molecule has 4 heteroatoms. The third kappa shape index (κ3) is 3.24. The molecule has 2 unspecified atom stereocenters. The summed E-state index contributed by atoms with van der Waals surface area (Å²) in [6.07, 6.45) is 7.79. The molecular weight excluding hydrogens is 254 g/mol. The van der Waals surface area contributed by atoms with Crippen molar-refractivity contribution in [2.75, 3.05) is 20.8 Å². The summed E-state index contributed by atoms with van der Waals surface area (Å²) in [6.45, 7) is 1.42. The van der Waals surface area contributed by atoms with E-state index in [1.165, 1.54) is 0 Å². The zero-order chi connectivity index (χ0) is 14.4. The minimum absolute atomic E-state index is 0.0755. The Morgan fingerprint density at radius 2 is 2.30 bits per heavy atom. The number of terminal acetylenes is 1. The van der Waals surface area contributed by atoms with Gasteiger partial charge in [-0.2, -0.15) is 0 Å². The van der Waals surface area contributed by atoms with E-state index in [2.05, 4.69) is 11.2 Å². The summed E-state index contributed by atoms with van der Waals surface area (Å²) in [5.41, 5.74) is 1.02. The lowest BCUT2D eigenvalue weighted by Crippen LogP contribution is -2.38. The molecule has 1 fully saturated rings. The maximum atomic E-state index is 5.63. The van der Waals surface area contributed by atoms with Gasteiger partial charge in [0.2, 0.25) is 0 Å². The molecule has 0 aromatic heterocycles. The van der Waals surface area contributed by atoms with Crippen LogP contribution in [0.4, 0.5) is 0 Å². The van der Waals surface area contributed by atoms with E-state index < -0.39 is 0 Å². The van der Waals surface area contributed by atoms with Crippen molar-refractivity contribution in [3.8, 4) is 23.8 Å². The number of para-hydroxylation sites is 1. The molecule has 1 aliphatic heterocycles. The fourth-order valence-electron chi connectivity index (χ4n) is 2.48. The molecule has 0 spiro atoms. The van der Waals surface area contributed by atoms with Gasteiger partial charge < -0.3 is 14.2 Å². The molecule has 0 radical (unpaired) electrons. The Bertz CT molecular complexity index is 475. The highest BCUT2D eigenvalue weighted by Gasteiger charge is 2.24. The van der Waals surface area contributed by atoms with Crippen LogP contribution in [0.25, 0.3) is 0 Å². The van der Waals surface area contributed by atoms with Crippen molar-refractivity contribution in [3.63, 3.8) is 0 Å². The predicted molar refractivity (Wildman–Crippen MR) is 78.0 cm³/mol. The van der Waals surface area contributed by atoms with Crippen molar-refractivity contribution >= 4 is 0 Å². The molecule has 4 nitrogen and oxygen atoms in total. The van der Waals surface area contributed by atoms with E-state index in [0.717, 1.165) is 36.5 Å². The summed E-state index contributed by atoms with van der Waals surface area (Å²) in [4.78, 5) is 0. The van der Waals surface area contributed by atoms with Crippen molar-refractivity contribution < 1.29 is 14.2 Å². The second-order valence-corrected chi connectivity index (χ2v) is 4.73. The van der Waals surface area contributed by atoms with Gasteiger partial charge in [0.15, 0.2) is 11.5 Å². The first kappa shape index (κ1) is 14.7. The fourth-order valence-corrected chi connectivity index (χ4v) is 2.48.